The average Bonchev–Trinajstić information content (AvgIpc) is 3.32. The Kier molecular flexibility index (Phi) is 10.5. The molecule has 2 unspecified atom stereocenters. The summed E-state index contributed by atoms with van der Waals surface area (Å²) in [5, 5.41) is 37.8. The van der Waals surface area contributed by atoms with Crippen molar-refractivity contribution < 1.29 is 9.59 Å². The number of nitrogens with zero attached hydrogens (tertiary/aromatic N) is 1. The Balaban J connectivity index is 1.35. The van der Waals surface area contributed by atoms with E-state index in [-0.39, 0.29) is 47.5 Å². The third-order valence-corrected chi connectivity index (χ3v) is 6.75. The third-order valence-electron chi connectivity index (χ3n) is 5.89. The summed E-state index contributed by atoms with van der Waals surface area (Å²) in [6.07, 6.45) is 7.76. The van der Waals surface area contributed by atoms with Crippen LogP contribution in [0.2, 0.25) is 0 Å². The van der Waals surface area contributed by atoms with Crippen molar-refractivity contribution in [2.75, 3.05) is 0 Å². The predicted molar refractivity (Wildman–Crippen MR) is 147 cm³/mol. The summed E-state index contributed by atoms with van der Waals surface area (Å²) in [7, 11) is 0. The zero-order chi connectivity index (χ0) is 26.6. The zero-order valence-corrected chi connectivity index (χ0v) is 21.2. The van der Waals surface area contributed by atoms with Crippen LogP contribution in [0.1, 0.15) is 36.9 Å². The maximum atomic E-state index is 12.1. The van der Waals surface area contributed by atoms with Gasteiger partial charge < -0.3 is 16.0 Å². The number of nitrogens with one attached hydrogen (secondary N) is 6. The number of carbonyl (C=O) groups is 2. The maximum Gasteiger partial charge on any atom is 0.231 e. The van der Waals surface area contributed by atoms with Crippen molar-refractivity contribution in [3.63, 3.8) is 0 Å². The number of pyridine rings is 1. The molecule has 1 fully saturated rings. The van der Waals surface area contributed by atoms with Gasteiger partial charge in [-0.2, -0.15) is 0 Å². The van der Waals surface area contributed by atoms with Gasteiger partial charge in [-0.15, -0.1) is 0 Å². The summed E-state index contributed by atoms with van der Waals surface area (Å²) >= 11 is 0.955. The molecule has 9 nitrogen and oxygen atoms in total. The Morgan fingerprint density at radius 3 is 2.38 bits per heavy atom. The molecule has 1 aromatic heterocycles. The highest BCUT2D eigenvalue weighted by Crippen LogP contribution is 2.36. The molecule has 0 aliphatic heterocycles. The van der Waals surface area contributed by atoms with Gasteiger partial charge in [0, 0.05) is 23.5 Å². The molecule has 10 heteroatoms. The second-order valence-electron chi connectivity index (χ2n) is 8.90. The van der Waals surface area contributed by atoms with Crippen LogP contribution in [-0.2, 0) is 22.4 Å². The van der Waals surface area contributed by atoms with Gasteiger partial charge in [0.2, 0.25) is 11.8 Å². The lowest BCUT2D eigenvalue weighted by molar-refractivity contribution is -0.119. The van der Waals surface area contributed by atoms with Gasteiger partial charge in [-0.1, -0.05) is 36.4 Å². The number of amidine groups is 2. The minimum Gasteiger partial charge on any atom is -0.311 e. The summed E-state index contributed by atoms with van der Waals surface area (Å²) in [4.78, 5) is 28.3. The SMILES string of the molecule is N=C(/C=C\C(=N)NC(=O)Cc1ccccc1)CC1CCC(C(=N)SC(=N)NC(=O)Cc2ccccn2)C1. The highest BCUT2D eigenvalue weighted by Gasteiger charge is 2.29. The Labute approximate surface area is 220 Å². The third kappa shape index (κ3) is 9.92. The van der Waals surface area contributed by atoms with E-state index in [2.05, 4.69) is 15.6 Å². The number of hydrogen-bond acceptors (Lipinski definition) is 8. The van der Waals surface area contributed by atoms with E-state index < -0.39 is 0 Å². The van der Waals surface area contributed by atoms with E-state index in [0.717, 1.165) is 36.6 Å². The number of thioether (sulfide) groups is 1. The van der Waals surface area contributed by atoms with Crippen LogP contribution in [0.5, 0.6) is 0 Å². The number of allylic oxidation sites excluding steroid dienone is 1. The van der Waals surface area contributed by atoms with Crippen molar-refractivity contribution in [3.8, 4) is 0 Å². The summed E-state index contributed by atoms with van der Waals surface area (Å²) in [6.45, 7) is 0. The molecule has 2 amide bonds. The average molecular weight is 518 g/mol. The number of amides is 2. The summed E-state index contributed by atoms with van der Waals surface area (Å²) in [5.74, 6) is -0.444. The quantitative estimate of drug-likeness (QED) is 0.218. The number of aromatic nitrogens is 1. The van der Waals surface area contributed by atoms with Gasteiger partial charge >= 0.3 is 0 Å². The molecule has 2 atom stereocenters. The van der Waals surface area contributed by atoms with Crippen LogP contribution in [0.15, 0.2) is 66.9 Å². The molecule has 1 heterocycles. The van der Waals surface area contributed by atoms with Crippen LogP contribution in [0.4, 0.5) is 0 Å². The van der Waals surface area contributed by atoms with E-state index in [0.29, 0.717) is 22.9 Å². The van der Waals surface area contributed by atoms with Gasteiger partial charge in [0.05, 0.1) is 17.9 Å². The first-order valence-electron chi connectivity index (χ1n) is 12.0. The van der Waals surface area contributed by atoms with Gasteiger partial charge in [-0.3, -0.25) is 30.8 Å². The predicted octanol–water partition coefficient (Wildman–Crippen LogP) is 4.10. The van der Waals surface area contributed by atoms with Crippen LogP contribution in [0.3, 0.4) is 0 Å². The van der Waals surface area contributed by atoms with E-state index >= 15 is 0 Å². The minimum absolute atomic E-state index is 0.00426. The number of hydrogen-bond donors (Lipinski definition) is 6. The van der Waals surface area contributed by atoms with E-state index in [1.54, 1.807) is 24.4 Å². The fourth-order valence-electron chi connectivity index (χ4n) is 4.14. The van der Waals surface area contributed by atoms with Crippen LogP contribution in [-0.4, -0.2) is 38.6 Å². The van der Waals surface area contributed by atoms with E-state index in [1.807, 2.05) is 30.3 Å². The van der Waals surface area contributed by atoms with Gasteiger partial charge in [-0.25, -0.2) is 0 Å². The van der Waals surface area contributed by atoms with Gasteiger partial charge in [-0.05, 0) is 73.2 Å². The molecule has 6 N–H and O–H groups in total. The molecule has 0 bridgehead atoms. The Bertz CT molecular complexity index is 1180. The molecule has 0 saturated heterocycles. The second-order valence-corrected chi connectivity index (χ2v) is 9.96. The normalized spacial score (nSPS) is 16.8. The lowest BCUT2D eigenvalue weighted by Gasteiger charge is -2.13. The van der Waals surface area contributed by atoms with Crippen molar-refractivity contribution in [1.29, 1.82) is 21.6 Å². The molecule has 1 aliphatic rings. The summed E-state index contributed by atoms with van der Waals surface area (Å²) in [6, 6.07) is 14.6. The fourth-order valence-corrected chi connectivity index (χ4v) is 4.90. The number of benzene rings is 1. The van der Waals surface area contributed by atoms with E-state index in [4.69, 9.17) is 21.6 Å². The van der Waals surface area contributed by atoms with E-state index in [1.165, 1.54) is 12.2 Å². The highest BCUT2D eigenvalue weighted by atomic mass is 32.2. The standard InChI is InChI=1S/C27H31N7O2S/c28-21(11-12-23(29)33-24(35)16-18-6-2-1-3-7-18)15-19-9-10-20(14-19)26(30)37-27(31)34-25(36)17-22-8-4-5-13-32-22/h1-8,11-13,19-20,28,30H,9-10,14-17H2,(H2,29,33,35)(H2,31,34,36)/b12-11-,28-21?,30-26?. The van der Waals surface area contributed by atoms with Crippen molar-refractivity contribution >= 4 is 45.3 Å². The molecule has 1 aromatic carbocycles. The van der Waals surface area contributed by atoms with Crippen molar-refractivity contribution in [1.82, 2.24) is 15.6 Å². The molecule has 0 radical (unpaired) electrons. The first-order chi connectivity index (χ1) is 17.8. The lowest BCUT2D eigenvalue weighted by Crippen LogP contribution is -2.30. The molecular formula is C27H31N7O2S. The molecular weight excluding hydrogens is 486 g/mol. The van der Waals surface area contributed by atoms with Crippen molar-refractivity contribution in [2.45, 2.75) is 38.5 Å². The molecule has 192 valence electrons. The van der Waals surface area contributed by atoms with Crippen LogP contribution in [0, 0.1) is 33.5 Å². The van der Waals surface area contributed by atoms with Crippen LogP contribution in [0.25, 0.3) is 0 Å². The number of carbonyl (C=O) groups excluding carboxylic acids is 2. The summed E-state index contributed by atoms with van der Waals surface area (Å²) in [5.41, 5.74) is 1.85. The van der Waals surface area contributed by atoms with Crippen LogP contribution >= 0.6 is 11.8 Å². The second kappa shape index (κ2) is 14.0. The smallest absolute Gasteiger partial charge is 0.231 e. The van der Waals surface area contributed by atoms with Gasteiger partial charge in [0.1, 0.15) is 5.84 Å². The zero-order valence-electron chi connectivity index (χ0n) is 20.4. The monoisotopic (exact) mass is 517 g/mol. The maximum absolute atomic E-state index is 12.1. The van der Waals surface area contributed by atoms with Crippen LogP contribution < -0.4 is 10.6 Å². The first kappa shape index (κ1) is 27.7. The lowest BCUT2D eigenvalue weighted by atomic mass is 9.99. The molecule has 1 saturated carbocycles. The molecule has 2 aromatic rings. The minimum atomic E-state index is -0.338. The molecule has 1 aliphatic carbocycles. The Morgan fingerprint density at radius 1 is 0.919 bits per heavy atom. The van der Waals surface area contributed by atoms with E-state index in [9.17, 15) is 9.59 Å². The first-order valence-corrected chi connectivity index (χ1v) is 12.8. The molecule has 0 spiro atoms. The molecule has 37 heavy (non-hydrogen) atoms. The molecule has 3 rings (SSSR count). The van der Waals surface area contributed by atoms with Gasteiger partial charge in [0.25, 0.3) is 0 Å². The Morgan fingerprint density at radius 2 is 1.65 bits per heavy atom. The van der Waals surface area contributed by atoms with Crippen molar-refractivity contribution in [2.24, 2.45) is 11.8 Å². The summed E-state index contributed by atoms with van der Waals surface area (Å²) < 4.78 is 0. The Hall–Kier alpha value is -3.92. The van der Waals surface area contributed by atoms with Gasteiger partial charge in [0.15, 0.2) is 5.17 Å². The highest BCUT2D eigenvalue weighted by molar-refractivity contribution is 8.26. The van der Waals surface area contributed by atoms with Crippen molar-refractivity contribution in [3.05, 3.63) is 78.1 Å². The fraction of sp³-hybridized carbons (Fsp3) is 0.296. The largest absolute Gasteiger partial charge is 0.311 e. The number of rotatable bonds is 9. The topological polar surface area (TPSA) is 166 Å².